The fourth-order valence-electron chi connectivity index (χ4n) is 7.60. The molecule has 2 atom stereocenters. The number of carbonyl (C=O) groups is 2. The fourth-order valence-corrected chi connectivity index (χ4v) is 9.51. The van der Waals surface area contributed by atoms with Gasteiger partial charge in [-0.3, -0.25) is 4.90 Å². The molecule has 7 rings (SSSR count). The van der Waals surface area contributed by atoms with Gasteiger partial charge >= 0.3 is 12.2 Å². The summed E-state index contributed by atoms with van der Waals surface area (Å²) in [5.41, 5.74) is 6.80. The third kappa shape index (κ3) is 9.46. The molecule has 3 aromatic carbocycles. The highest BCUT2D eigenvalue weighted by molar-refractivity contribution is 8.12. The van der Waals surface area contributed by atoms with E-state index in [-0.39, 0.29) is 23.5 Å². The third-order valence-electron chi connectivity index (χ3n) is 10.5. The highest BCUT2D eigenvalue weighted by atomic mass is 32.2. The van der Waals surface area contributed by atoms with E-state index in [0.717, 1.165) is 68.6 Å². The van der Waals surface area contributed by atoms with Crippen LogP contribution in [0.5, 0.6) is 0 Å². The van der Waals surface area contributed by atoms with Crippen LogP contribution < -0.4 is 5.32 Å². The molecule has 12 nitrogen and oxygen atoms in total. The minimum atomic E-state index is -0.593. The molecule has 4 heterocycles. The van der Waals surface area contributed by atoms with Crippen LogP contribution in [0.3, 0.4) is 0 Å². The predicted octanol–water partition coefficient (Wildman–Crippen LogP) is 10.4. The second-order valence-corrected chi connectivity index (χ2v) is 19.2. The maximum atomic E-state index is 13.3. The van der Waals surface area contributed by atoms with Gasteiger partial charge in [-0.1, -0.05) is 67.6 Å². The zero-order valence-corrected chi connectivity index (χ0v) is 37.3. The van der Waals surface area contributed by atoms with Crippen molar-refractivity contribution in [1.82, 2.24) is 24.3 Å². The summed E-state index contributed by atoms with van der Waals surface area (Å²) in [5.74, 6) is 0.751. The molecular weight excluding hydrogens is 783 g/mol. The van der Waals surface area contributed by atoms with Crippen LogP contribution >= 0.6 is 23.7 Å². The van der Waals surface area contributed by atoms with E-state index in [9.17, 15) is 9.59 Å². The molecule has 0 saturated carbocycles. The molecule has 2 N–H and O–H groups in total. The monoisotopic (exact) mass is 839 g/mol. The van der Waals surface area contributed by atoms with Crippen molar-refractivity contribution in [2.45, 2.75) is 96.3 Å². The predicted molar refractivity (Wildman–Crippen MR) is 239 cm³/mol. The number of rotatable bonds is 10. The average Bonchev–Trinajstić information content (AvgIpc) is 3.86. The summed E-state index contributed by atoms with van der Waals surface area (Å²) in [5, 5.41) is 6.10. The largest absolute Gasteiger partial charge is 0.444 e. The van der Waals surface area contributed by atoms with Crippen molar-refractivity contribution in [3.8, 4) is 33.5 Å². The van der Waals surface area contributed by atoms with E-state index in [4.69, 9.17) is 24.2 Å². The van der Waals surface area contributed by atoms with Crippen molar-refractivity contribution in [2.75, 3.05) is 44.4 Å². The minimum absolute atomic E-state index is 0.141. The summed E-state index contributed by atoms with van der Waals surface area (Å²) in [7, 11) is 0. The van der Waals surface area contributed by atoms with Gasteiger partial charge in [-0.25, -0.2) is 24.6 Å². The van der Waals surface area contributed by atoms with Gasteiger partial charge in [-0.2, -0.15) is 16.2 Å². The number of hydrazine groups is 1. The van der Waals surface area contributed by atoms with Crippen molar-refractivity contribution >= 4 is 46.8 Å². The number of thioether (sulfide) groups is 1. The molecule has 1 aromatic heterocycles. The van der Waals surface area contributed by atoms with E-state index >= 15 is 0 Å². The Hall–Kier alpha value is -4.50. The number of anilines is 1. The molecule has 314 valence electrons. The smallest absolute Gasteiger partial charge is 0.425 e. The van der Waals surface area contributed by atoms with Gasteiger partial charge in [-0.05, 0) is 101 Å². The van der Waals surface area contributed by atoms with Crippen LogP contribution in [-0.4, -0.2) is 97.2 Å². The summed E-state index contributed by atoms with van der Waals surface area (Å²) >= 11 is 3.17. The Kier molecular flexibility index (Phi) is 12.4. The molecule has 2 saturated heterocycles. The second kappa shape index (κ2) is 17.2. The van der Waals surface area contributed by atoms with E-state index in [0.29, 0.717) is 32.8 Å². The van der Waals surface area contributed by atoms with Gasteiger partial charge in [0.2, 0.25) is 0 Å². The SMILES string of the molecule is CCC(SC)[C@@H](c1ncc(-c2ccc(-c3ccc(-c4ccc5c(c4)NC(SN4CCCN4C(=O)OC(C)(C)C)=NC54COC4)cc3)cc2)[nH]1)N(CC)C(=O)OC(C)(C)C. The fraction of sp³-hybridized carbons (Fsp3) is 0.467. The van der Waals surface area contributed by atoms with E-state index in [2.05, 4.69) is 90.2 Å². The Balaban J connectivity index is 1.05. The minimum Gasteiger partial charge on any atom is -0.444 e. The Morgan fingerprint density at radius 1 is 0.881 bits per heavy atom. The van der Waals surface area contributed by atoms with E-state index in [1.165, 1.54) is 11.9 Å². The number of aromatic amines is 1. The van der Waals surface area contributed by atoms with Gasteiger partial charge in [-0.15, -0.1) is 0 Å². The molecule has 3 aliphatic heterocycles. The third-order valence-corrected chi connectivity index (χ3v) is 12.7. The first kappa shape index (κ1) is 42.6. The number of ether oxygens (including phenoxy) is 3. The Morgan fingerprint density at radius 3 is 2.05 bits per heavy atom. The first-order chi connectivity index (χ1) is 28.1. The molecule has 1 spiro atoms. The summed E-state index contributed by atoms with van der Waals surface area (Å²) in [6, 6.07) is 23.3. The second-order valence-electron chi connectivity index (χ2n) is 17.2. The number of benzene rings is 3. The quantitative estimate of drug-likeness (QED) is 0.149. The number of amides is 2. The Morgan fingerprint density at radius 2 is 1.49 bits per heavy atom. The lowest BCUT2D eigenvalue weighted by molar-refractivity contribution is -0.0553. The lowest BCUT2D eigenvalue weighted by atomic mass is 9.85. The number of amidine groups is 1. The van der Waals surface area contributed by atoms with Gasteiger partial charge < -0.3 is 24.5 Å². The average molecular weight is 840 g/mol. The molecule has 2 amide bonds. The molecule has 14 heteroatoms. The summed E-state index contributed by atoms with van der Waals surface area (Å²) in [6.45, 7) is 18.3. The van der Waals surface area contributed by atoms with Crippen molar-refractivity contribution < 1.29 is 23.8 Å². The number of nitrogens with zero attached hydrogens (tertiary/aromatic N) is 5. The number of nitrogens with one attached hydrogen (secondary N) is 2. The number of hydrogen-bond donors (Lipinski definition) is 2. The lowest BCUT2D eigenvalue weighted by Gasteiger charge is -2.43. The van der Waals surface area contributed by atoms with Crippen molar-refractivity contribution in [2.24, 2.45) is 4.99 Å². The first-order valence-corrected chi connectivity index (χ1v) is 22.5. The topological polar surface area (TPSA) is 125 Å². The number of carbonyl (C=O) groups excluding carboxylic acids is 2. The molecule has 4 aromatic rings. The van der Waals surface area contributed by atoms with Gasteiger partial charge in [0, 0.05) is 48.1 Å². The van der Waals surface area contributed by atoms with Gasteiger partial charge in [0.1, 0.15) is 28.6 Å². The maximum Gasteiger partial charge on any atom is 0.425 e. The van der Waals surface area contributed by atoms with Crippen LogP contribution in [0.25, 0.3) is 33.5 Å². The van der Waals surface area contributed by atoms with Crippen LogP contribution in [0, 0.1) is 0 Å². The van der Waals surface area contributed by atoms with Crippen LogP contribution in [0.2, 0.25) is 0 Å². The first-order valence-electron chi connectivity index (χ1n) is 20.4. The molecule has 0 bridgehead atoms. The molecule has 0 radical (unpaired) electrons. The van der Waals surface area contributed by atoms with Crippen LogP contribution in [0.4, 0.5) is 15.3 Å². The zero-order valence-electron chi connectivity index (χ0n) is 35.6. The molecule has 2 fully saturated rings. The molecule has 59 heavy (non-hydrogen) atoms. The Labute approximate surface area is 357 Å². The van der Waals surface area contributed by atoms with Gasteiger partial charge in [0.15, 0.2) is 5.17 Å². The zero-order chi connectivity index (χ0) is 42.1. The summed E-state index contributed by atoms with van der Waals surface area (Å²) < 4.78 is 19.1. The Bertz CT molecular complexity index is 2150. The summed E-state index contributed by atoms with van der Waals surface area (Å²) in [4.78, 5) is 41.6. The number of aromatic nitrogens is 2. The van der Waals surface area contributed by atoms with Crippen LogP contribution in [0.15, 0.2) is 77.9 Å². The van der Waals surface area contributed by atoms with Gasteiger partial charge in [0.05, 0.1) is 25.1 Å². The lowest BCUT2D eigenvalue weighted by Crippen LogP contribution is -2.49. The molecule has 1 unspecified atom stereocenters. The number of imidazole rings is 1. The standard InChI is InChI=1S/C45H57N7O5S2/c1-10-37(58-9)38(50(11-2)41(53)56-43(3,4)5)39-46-26-36(47-39)32-19-17-30(18-20-32)29-13-15-31(16-14-29)33-21-22-34-35(25-33)48-40(49-45(34)27-55-28-45)59-52-24-12-23-51(52)42(54)57-44(6,7)8/h13-22,25-26,37-38H,10-12,23-24,27-28H2,1-9H3,(H,46,47)(H,48,49)/t37?,38-/m0/s1. The van der Waals surface area contributed by atoms with Crippen molar-refractivity contribution in [1.29, 1.82) is 0 Å². The van der Waals surface area contributed by atoms with E-state index in [1.54, 1.807) is 21.7 Å². The van der Waals surface area contributed by atoms with Gasteiger partial charge in [0.25, 0.3) is 0 Å². The molecule has 0 aliphatic carbocycles. The number of aliphatic imine (C=N–C) groups is 1. The highest BCUT2D eigenvalue weighted by Crippen LogP contribution is 2.44. The van der Waals surface area contributed by atoms with E-state index < -0.39 is 16.7 Å². The van der Waals surface area contributed by atoms with Crippen LogP contribution in [-0.2, 0) is 19.7 Å². The molecule has 3 aliphatic rings. The number of H-pyrrole nitrogens is 1. The van der Waals surface area contributed by atoms with Crippen molar-refractivity contribution in [3.05, 3.63) is 84.3 Å². The van der Waals surface area contributed by atoms with E-state index in [1.807, 2.05) is 59.1 Å². The van der Waals surface area contributed by atoms with Crippen molar-refractivity contribution in [3.63, 3.8) is 0 Å². The molecular formula is C45H57N7O5S2. The van der Waals surface area contributed by atoms with Crippen LogP contribution in [0.1, 0.15) is 85.7 Å². The number of fused-ring (bicyclic) bond motifs is 2. The maximum absolute atomic E-state index is 13.3. The highest BCUT2D eigenvalue weighted by Gasteiger charge is 2.45. The normalized spacial score (nSPS) is 17.4. The summed E-state index contributed by atoms with van der Waals surface area (Å²) in [6.07, 6.45) is 4.98. The number of hydrogen-bond acceptors (Lipinski definition) is 11.